The third kappa shape index (κ3) is 3.24. The molecular weight excluding hydrogens is 204 g/mol. The number of aliphatic hydroxyl groups is 1. The zero-order chi connectivity index (χ0) is 12.1. The van der Waals surface area contributed by atoms with Crippen LogP contribution in [0.1, 0.15) is 29.3 Å². The molecule has 1 aromatic rings. The van der Waals surface area contributed by atoms with E-state index in [2.05, 4.69) is 5.32 Å². The van der Waals surface area contributed by atoms with Crippen LogP contribution in [0.25, 0.3) is 0 Å². The molecule has 0 aliphatic carbocycles. The van der Waals surface area contributed by atoms with Gasteiger partial charge in [-0.3, -0.25) is 4.79 Å². The molecule has 0 saturated carbocycles. The van der Waals surface area contributed by atoms with Crippen molar-refractivity contribution in [3.05, 3.63) is 29.3 Å². The lowest BCUT2D eigenvalue weighted by molar-refractivity contribution is 0.0913. The summed E-state index contributed by atoms with van der Waals surface area (Å²) in [5.41, 5.74) is 7.67. The van der Waals surface area contributed by atoms with Crippen molar-refractivity contribution in [1.82, 2.24) is 5.32 Å². The number of hydrogen-bond acceptors (Lipinski definition) is 3. The fourth-order valence-corrected chi connectivity index (χ4v) is 1.39. The number of hydrogen-bond donors (Lipinski definition) is 3. The molecule has 0 bridgehead atoms. The average Bonchev–Trinajstić information content (AvgIpc) is 2.25. The van der Waals surface area contributed by atoms with Gasteiger partial charge in [-0.15, -0.1) is 0 Å². The second-order valence-corrected chi connectivity index (χ2v) is 3.85. The first kappa shape index (κ1) is 12.5. The number of amides is 1. The van der Waals surface area contributed by atoms with Crippen LogP contribution in [-0.4, -0.2) is 23.7 Å². The van der Waals surface area contributed by atoms with E-state index in [1.54, 1.807) is 18.2 Å². The summed E-state index contributed by atoms with van der Waals surface area (Å²) in [6.07, 6.45) is 0.138. The standard InChI is InChI=1S/C12H18N2O2/c1-3-10(15)7-14-12(16)11-5-4-9(13)6-8(11)2/h4-6,10,15H,3,7,13H2,1-2H3,(H,14,16). The van der Waals surface area contributed by atoms with E-state index >= 15 is 0 Å². The SMILES string of the molecule is CCC(O)CNC(=O)c1ccc(N)cc1C. The van der Waals surface area contributed by atoms with E-state index in [0.717, 1.165) is 5.56 Å². The predicted molar refractivity (Wildman–Crippen MR) is 64.2 cm³/mol. The molecule has 1 rings (SSSR count). The van der Waals surface area contributed by atoms with E-state index in [-0.39, 0.29) is 12.5 Å². The molecule has 4 nitrogen and oxygen atoms in total. The predicted octanol–water partition coefficient (Wildman–Crippen LogP) is 1.08. The Hall–Kier alpha value is -1.55. The zero-order valence-electron chi connectivity index (χ0n) is 9.66. The Kier molecular flexibility index (Phi) is 4.31. The van der Waals surface area contributed by atoms with Gasteiger partial charge in [0, 0.05) is 17.8 Å². The summed E-state index contributed by atoms with van der Waals surface area (Å²) >= 11 is 0. The van der Waals surface area contributed by atoms with Gasteiger partial charge in [-0.2, -0.15) is 0 Å². The fourth-order valence-electron chi connectivity index (χ4n) is 1.39. The lowest BCUT2D eigenvalue weighted by atomic mass is 10.1. The Bertz CT molecular complexity index is 377. The van der Waals surface area contributed by atoms with Gasteiger partial charge in [-0.1, -0.05) is 6.92 Å². The number of nitrogens with one attached hydrogen (secondary N) is 1. The monoisotopic (exact) mass is 222 g/mol. The van der Waals surface area contributed by atoms with E-state index in [9.17, 15) is 9.90 Å². The van der Waals surface area contributed by atoms with Gasteiger partial charge in [0.05, 0.1) is 6.10 Å². The Labute approximate surface area is 95.5 Å². The first-order valence-electron chi connectivity index (χ1n) is 5.37. The van der Waals surface area contributed by atoms with E-state index in [1.807, 2.05) is 13.8 Å². The second-order valence-electron chi connectivity index (χ2n) is 3.85. The molecule has 0 aliphatic heterocycles. The van der Waals surface area contributed by atoms with Crippen molar-refractivity contribution in [2.75, 3.05) is 12.3 Å². The van der Waals surface area contributed by atoms with E-state index in [4.69, 9.17) is 5.73 Å². The van der Waals surface area contributed by atoms with Gasteiger partial charge in [-0.05, 0) is 37.1 Å². The summed E-state index contributed by atoms with van der Waals surface area (Å²) < 4.78 is 0. The maximum Gasteiger partial charge on any atom is 0.251 e. The normalized spacial score (nSPS) is 12.2. The number of rotatable bonds is 4. The summed E-state index contributed by atoms with van der Waals surface area (Å²) in [7, 11) is 0. The zero-order valence-corrected chi connectivity index (χ0v) is 9.66. The topological polar surface area (TPSA) is 75.3 Å². The Morgan fingerprint density at radius 2 is 2.25 bits per heavy atom. The lowest BCUT2D eigenvalue weighted by Crippen LogP contribution is -2.32. The van der Waals surface area contributed by atoms with Crippen molar-refractivity contribution in [2.24, 2.45) is 0 Å². The van der Waals surface area contributed by atoms with Gasteiger partial charge in [0.15, 0.2) is 0 Å². The first-order chi connectivity index (χ1) is 7.54. The maximum atomic E-state index is 11.7. The summed E-state index contributed by atoms with van der Waals surface area (Å²) in [6.45, 7) is 3.98. The quantitative estimate of drug-likeness (QED) is 0.667. The highest BCUT2D eigenvalue weighted by Crippen LogP contribution is 2.12. The van der Waals surface area contributed by atoms with Crippen LogP contribution in [-0.2, 0) is 0 Å². The highest BCUT2D eigenvalue weighted by Gasteiger charge is 2.10. The van der Waals surface area contributed by atoms with Gasteiger partial charge >= 0.3 is 0 Å². The van der Waals surface area contributed by atoms with Crippen molar-refractivity contribution < 1.29 is 9.90 Å². The van der Waals surface area contributed by atoms with Gasteiger partial charge in [-0.25, -0.2) is 0 Å². The largest absolute Gasteiger partial charge is 0.399 e. The van der Waals surface area contributed by atoms with E-state index < -0.39 is 6.10 Å². The van der Waals surface area contributed by atoms with E-state index in [1.165, 1.54) is 0 Å². The fraction of sp³-hybridized carbons (Fsp3) is 0.417. The maximum absolute atomic E-state index is 11.7. The molecule has 0 radical (unpaired) electrons. The summed E-state index contributed by atoms with van der Waals surface area (Å²) in [4.78, 5) is 11.7. The van der Waals surface area contributed by atoms with Crippen LogP contribution in [0, 0.1) is 6.92 Å². The van der Waals surface area contributed by atoms with E-state index in [0.29, 0.717) is 17.7 Å². The molecule has 4 N–H and O–H groups in total. The number of nitrogens with two attached hydrogens (primary N) is 1. The summed E-state index contributed by atoms with van der Waals surface area (Å²) in [6, 6.07) is 5.14. The van der Waals surface area contributed by atoms with Gasteiger partial charge in [0.1, 0.15) is 0 Å². The van der Waals surface area contributed by atoms with Crippen molar-refractivity contribution in [1.29, 1.82) is 0 Å². The van der Waals surface area contributed by atoms with Crippen molar-refractivity contribution in [3.8, 4) is 0 Å². The second kappa shape index (κ2) is 5.51. The van der Waals surface area contributed by atoms with Gasteiger partial charge in [0.2, 0.25) is 0 Å². The summed E-state index contributed by atoms with van der Waals surface area (Å²) in [5, 5.41) is 12.0. The molecule has 4 heteroatoms. The molecule has 0 aliphatic rings. The molecule has 0 spiro atoms. The minimum Gasteiger partial charge on any atom is -0.399 e. The molecule has 1 aromatic carbocycles. The molecule has 0 heterocycles. The first-order valence-corrected chi connectivity index (χ1v) is 5.37. The number of carbonyl (C=O) groups excluding carboxylic acids is 1. The van der Waals surface area contributed by atoms with Crippen LogP contribution in [0.2, 0.25) is 0 Å². The van der Waals surface area contributed by atoms with Crippen molar-refractivity contribution in [3.63, 3.8) is 0 Å². The molecule has 0 aromatic heterocycles. The highest BCUT2D eigenvalue weighted by molar-refractivity contribution is 5.96. The minimum absolute atomic E-state index is 0.176. The molecule has 1 unspecified atom stereocenters. The Morgan fingerprint density at radius 1 is 1.56 bits per heavy atom. The van der Waals surface area contributed by atoms with Crippen molar-refractivity contribution in [2.45, 2.75) is 26.4 Å². The molecule has 0 saturated heterocycles. The van der Waals surface area contributed by atoms with Crippen LogP contribution in [0.3, 0.4) is 0 Å². The molecule has 88 valence electrons. The van der Waals surface area contributed by atoms with Crippen LogP contribution in [0.5, 0.6) is 0 Å². The van der Waals surface area contributed by atoms with Crippen molar-refractivity contribution >= 4 is 11.6 Å². The number of carbonyl (C=O) groups is 1. The average molecular weight is 222 g/mol. The molecule has 1 atom stereocenters. The third-order valence-corrected chi connectivity index (χ3v) is 2.46. The minimum atomic E-state index is -0.488. The molecule has 16 heavy (non-hydrogen) atoms. The summed E-state index contributed by atoms with van der Waals surface area (Å²) in [5.74, 6) is -0.176. The number of nitrogen functional groups attached to an aromatic ring is 1. The van der Waals surface area contributed by atoms with Crippen LogP contribution in [0.15, 0.2) is 18.2 Å². The highest BCUT2D eigenvalue weighted by atomic mass is 16.3. The third-order valence-electron chi connectivity index (χ3n) is 2.46. The number of aliphatic hydroxyl groups excluding tert-OH is 1. The van der Waals surface area contributed by atoms with Crippen LogP contribution < -0.4 is 11.1 Å². The van der Waals surface area contributed by atoms with Crippen LogP contribution in [0.4, 0.5) is 5.69 Å². The van der Waals surface area contributed by atoms with Gasteiger partial charge in [0.25, 0.3) is 5.91 Å². The smallest absolute Gasteiger partial charge is 0.251 e. The lowest BCUT2D eigenvalue weighted by Gasteiger charge is -2.11. The number of anilines is 1. The molecular formula is C12H18N2O2. The molecule has 1 amide bonds. The Morgan fingerprint density at radius 3 is 2.81 bits per heavy atom. The van der Waals surface area contributed by atoms with Gasteiger partial charge < -0.3 is 16.2 Å². The van der Waals surface area contributed by atoms with Crippen LogP contribution >= 0.6 is 0 Å². The molecule has 0 fully saturated rings. The Balaban J connectivity index is 2.66. The number of benzene rings is 1. The number of aryl methyl sites for hydroxylation is 1.